The Bertz CT molecular complexity index is 567. The van der Waals surface area contributed by atoms with Gasteiger partial charge in [-0.3, -0.25) is 0 Å². The van der Waals surface area contributed by atoms with Crippen molar-refractivity contribution >= 4 is 0 Å². The number of ether oxygens (including phenoxy) is 2. The molecule has 3 rings (SSSR count). The number of rotatable bonds is 5. The van der Waals surface area contributed by atoms with Gasteiger partial charge in [0.25, 0.3) is 0 Å². The SMILES string of the molecule is CC(N)Cc1ccc(OCC2Cc3ccccc3O2)cc1. The lowest BCUT2D eigenvalue weighted by Gasteiger charge is -2.13. The predicted octanol–water partition coefficient (Wildman–Crippen LogP) is 2.96. The van der Waals surface area contributed by atoms with Gasteiger partial charge in [-0.1, -0.05) is 30.3 Å². The van der Waals surface area contributed by atoms with Crippen LogP contribution in [0.1, 0.15) is 18.1 Å². The van der Waals surface area contributed by atoms with E-state index in [-0.39, 0.29) is 12.1 Å². The third-order valence-corrected chi connectivity index (χ3v) is 3.63. The third kappa shape index (κ3) is 3.56. The van der Waals surface area contributed by atoms with Gasteiger partial charge in [-0.25, -0.2) is 0 Å². The predicted molar refractivity (Wildman–Crippen MR) is 83.9 cm³/mol. The molecule has 1 aliphatic heterocycles. The van der Waals surface area contributed by atoms with Crippen molar-refractivity contribution in [1.29, 1.82) is 0 Å². The molecule has 0 aliphatic carbocycles. The van der Waals surface area contributed by atoms with Gasteiger partial charge in [-0.2, -0.15) is 0 Å². The normalized spacial score (nSPS) is 17.9. The summed E-state index contributed by atoms with van der Waals surface area (Å²) >= 11 is 0. The molecule has 0 fully saturated rings. The van der Waals surface area contributed by atoms with E-state index in [1.54, 1.807) is 0 Å². The number of fused-ring (bicyclic) bond motifs is 1. The molecule has 0 bridgehead atoms. The van der Waals surface area contributed by atoms with Gasteiger partial charge >= 0.3 is 0 Å². The number of hydrogen-bond donors (Lipinski definition) is 1. The lowest BCUT2D eigenvalue weighted by molar-refractivity contribution is 0.148. The average Bonchev–Trinajstić information content (AvgIpc) is 2.89. The highest BCUT2D eigenvalue weighted by Crippen LogP contribution is 2.28. The zero-order valence-corrected chi connectivity index (χ0v) is 12.3. The molecule has 3 heteroatoms. The third-order valence-electron chi connectivity index (χ3n) is 3.63. The van der Waals surface area contributed by atoms with Crippen LogP contribution in [-0.4, -0.2) is 18.8 Å². The monoisotopic (exact) mass is 283 g/mol. The fourth-order valence-electron chi connectivity index (χ4n) is 2.63. The fraction of sp³-hybridized carbons (Fsp3) is 0.333. The summed E-state index contributed by atoms with van der Waals surface area (Å²) in [5.41, 5.74) is 8.30. The summed E-state index contributed by atoms with van der Waals surface area (Å²) in [6, 6.07) is 16.5. The zero-order chi connectivity index (χ0) is 14.7. The van der Waals surface area contributed by atoms with E-state index in [2.05, 4.69) is 18.2 Å². The Morgan fingerprint density at radius 2 is 1.95 bits per heavy atom. The number of benzene rings is 2. The van der Waals surface area contributed by atoms with Crippen LogP contribution < -0.4 is 15.2 Å². The molecule has 2 unspecified atom stereocenters. The van der Waals surface area contributed by atoms with E-state index in [1.165, 1.54) is 11.1 Å². The molecule has 0 aromatic heterocycles. The Hall–Kier alpha value is -2.00. The van der Waals surface area contributed by atoms with Crippen molar-refractivity contribution in [3.63, 3.8) is 0 Å². The van der Waals surface area contributed by atoms with Gasteiger partial charge < -0.3 is 15.2 Å². The standard InChI is InChI=1S/C18H21NO2/c1-13(19)10-14-6-8-16(9-7-14)20-12-17-11-15-4-2-3-5-18(15)21-17/h2-9,13,17H,10-12,19H2,1H3. The second-order valence-electron chi connectivity index (χ2n) is 5.69. The Kier molecular flexibility index (Phi) is 4.11. The van der Waals surface area contributed by atoms with Gasteiger partial charge in [-0.15, -0.1) is 0 Å². The van der Waals surface area contributed by atoms with Gasteiger partial charge in [0.2, 0.25) is 0 Å². The minimum Gasteiger partial charge on any atom is -0.490 e. The van der Waals surface area contributed by atoms with Crippen molar-refractivity contribution in [2.45, 2.75) is 31.9 Å². The van der Waals surface area contributed by atoms with Gasteiger partial charge in [0.05, 0.1) is 0 Å². The van der Waals surface area contributed by atoms with Crippen molar-refractivity contribution < 1.29 is 9.47 Å². The molecule has 3 nitrogen and oxygen atoms in total. The van der Waals surface area contributed by atoms with Gasteiger partial charge in [0.1, 0.15) is 24.2 Å². The molecule has 21 heavy (non-hydrogen) atoms. The minimum absolute atomic E-state index is 0.103. The molecule has 2 aromatic rings. The van der Waals surface area contributed by atoms with E-state index in [9.17, 15) is 0 Å². The molecule has 2 atom stereocenters. The van der Waals surface area contributed by atoms with Crippen LogP contribution in [0.15, 0.2) is 48.5 Å². The summed E-state index contributed by atoms with van der Waals surface area (Å²) in [6.45, 7) is 2.58. The Morgan fingerprint density at radius 3 is 2.67 bits per heavy atom. The maximum Gasteiger partial charge on any atom is 0.137 e. The summed E-state index contributed by atoms with van der Waals surface area (Å²) in [5.74, 6) is 1.86. The topological polar surface area (TPSA) is 44.5 Å². The van der Waals surface area contributed by atoms with E-state index in [1.807, 2.05) is 37.3 Å². The molecule has 1 aliphatic rings. The summed E-state index contributed by atoms with van der Waals surface area (Å²) < 4.78 is 11.7. The summed E-state index contributed by atoms with van der Waals surface area (Å²) in [5, 5.41) is 0. The molecular formula is C18H21NO2. The van der Waals surface area contributed by atoms with Crippen molar-refractivity contribution in [1.82, 2.24) is 0 Å². The van der Waals surface area contributed by atoms with Gasteiger partial charge in [0, 0.05) is 12.5 Å². The maximum absolute atomic E-state index is 5.86. The molecule has 110 valence electrons. The smallest absolute Gasteiger partial charge is 0.137 e. The molecule has 0 spiro atoms. The molecule has 0 saturated heterocycles. The zero-order valence-electron chi connectivity index (χ0n) is 12.3. The van der Waals surface area contributed by atoms with Gasteiger partial charge in [-0.05, 0) is 42.7 Å². The van der Waals surface area contributed by atoms with Crippen LogP contribution in [0.5, 0.6) is 11.5 Å². The van der Waals surface area contributed by atoms with E-state index in [0.717, 1.165) is 24.3 Å². The lowest BCUT2D eigenvalue weighted by atomic mass is 10.1. The van der Waals surface area contributed by atoms with Crippen molar-refractivity contribution in [2.75, 3.05) is 6.61 Å². The average molecular weight is 283 g/mol. The van der Waals surface area contributed by atoms with Crippen LogP contribution in [0.4, 0.5) is 0 Å². The first-order chi connectivity index (χ1) is 10.2. The Morgan fingerprint density at radius 1 is 1.19 bits per heavy atom. The summed E-state index contributed by atoms with van der Waals surface area (Å²) in [6.07, 6.45) is 1.91. The molecule has 0 amide bonds. The molecular weight excluding hydrogens is 262 g/mol. The largest absolute Gasteiger partial charge is 0.490 e. The second kappa shape index (κ2) is 6.19. The quantitative estimate of drug-likeness (QED) is 0.917. The van der Waals surface area contributed by atoms with E-state index < -0.39 is 0 Å². The Labute approximate surface area is 125 Å². The highest BCUT2D eigenvalue weighted by atomic mass is 16.5. The highest BCUT2D eigenvalue weighted by Gasteiger charge is 2.22. The molecule has 0 radical (unpaired) electrons. The maximum atomic E-state index is 5.86. The molecule has 2 N–H and O–H groups in total. The van der Waals surface area contributed by atoms with E-state index in [4.69, 9.17) is 15.2 Å². The molecule has 1 heterocycles. The van der Waals surface area contributed by atoms with Crippen LogP contribution in [0.25, 0.3) is 0 Å². The minimum atomic E-state index is 0.103. The van der Waals surface area contributed by atoms with Gasteiger partial charge in [0.15, 0.2) is 0 Å². The number of hydrogen-bond acceptors (Lipinski definition) is 3. The van der Waals surface area contributed by atoms with Crippen LogP contribution in [0, 0.1) is 0 Å². The fourth-order valence-corrected chi connectivity index (χ4v) is 2.63. The highest BCUT2D eigenvalue weighted by molar-refractivity contribution is 5.37. The van der Waals surface area contributed by atoms with Crippen LogP contribution in [0.3, 0.4) is 0 Å². The van der Waals surface area contributed by atoms with E-state index in [0.29, 0.717) is 6.61 Å². The Balaban J connectivity index is 1.52. The summed E-state index contributed by atoms with van der Waals surface area (Å²) in [4.78, 5) is 0. The second-order valence-corrected chi connectivity index (χ2v) is 5.69. The van der Waals surface area contributed by atoms with Crippen molar-refractivity contribution in [2.24, 2.45) is 5.73 Å². The first kappa shape index (κ1) is 14.0. The first-order valence-electron chi connectivity index (χ1n) is 7.42. The van der Waals surface area contributed by atoms with Crippen molar-refractivity contribution in [3.05, 3.63) is 59.7 Å². The number of nitrogens with two attached hydrogens (primary N) is 1. The van der Waals surface area contributed by atoms with E-state index >= 15 is 0 Å². The van der Waals surface area contributed by atoms with Crippen LogP contribution in [0.2, 0.25) is 0 Å². The summed E-state index contributed by atoms with van der Waals surface area (Å²) in [7, 11) is 0. The number of para-hydroxylation sites is 1. The van der Waals surface area contributed by atoms with Crippen LogP contribution in [-0.2, 0) is 12.8 Å². The first-order valence-corrected chi connectivity index (χ1v) is 7.42. The van der Waals surface area contributed by atoms with Crippen molar-refractivity contribution in [3.8, 4) is 11.5 Å². The lowest BCUT2D eigenvalue weighted by Crippen LogP contribution is -2.22. The van der Waals surface area contributed by atoms with Crippen LogP contribution >= 0.6 is 0 Å². The molecule has 0 saturated carbocycles. The molecule has 2 aromatic carbocycles.